The predicted octanol–water partition coefficient (Wildman–Crippen LogP) is 12.9. The van der Waals surface area contributed by atoms with Crippen molar-refractivity contribution < 1.29 is 95.6 Å². The monoisotopic (exact) mass is 1180 g/mol. The van der Waals surface area contributed by atoms with E-state index in [4.69, 9.17) is 75.8 Å². The van der Waals surface area contributed by atoms with Crippen molar-refractivity contribution in [1.29, 1.82) is 0 Å². The summed E-state index contributed by atoms with van der Waals surface area (Å²) >= 11 is 0. The van der Waals surface area contributed by atoms with Crippen molar-refractivity contribution >= 4 is 11.9 Å². The fourth-order valence-electron chi connectivity index (χ4n) is 10.5. The maximum absolute atomic E-state index is 13.4. The first-order chi connectivity index (χ1) is 41.6. The molecule has 86 heavy (non-hydrogen) atoms. The molecule has 20 nitrogen and oxygen atoms in total. The molecule has 0 bridgehead atoms. The second-order valence-corrected chi connectivity index (χ2v) is 18.6. The Morgan fingerprint density at radius 2 is 0.279 bits per heavy atom. The maximum Gasteiger partial charge on any atom is 0.336 e. The molecular weight excluding hydrogens is 1110 g/mol. The second-order valence-electron chi connectivity index (χ2n) is 18.6. The van der Waals surface area contributed by atoms with Gasteiger partial charge in [-0.2, -0.15) is 0 Å². The van der Waals surface area contributed by atoms with Crippen LogP contribution in [0.2, 0.25) is 0 Å². The van der Waals surface area contributed by atoms with Crippen molar-refractivity contribution in [3.63, 3.8) is 0 Å². The highest BCUT2D eigenvalue weighted by Crippen LogP contribution is 2.56. The fourth-order valence-corrected chi connectivity index (χ4v) is 10.5. The molecule has 0 atom stereocenters. The third-order valence-corrected chi connectivity index (χ3v) is 14.7. The quantitative estimate of drug-likeness (QED) is 0.0543. The van der Waals surface area contributed by atoms with E-state index in [2.05, 4.69) is 0 Å². The summed E-state index contributed by atoms with van der Waals surface area (Å²) in [4.78, 5) is 26.8. The van der Waals surface area contributed by atoms with Crippen LogP contribution in [-0.2, 0) is 0 Å². The largest absolute Gasteiger partial charge is 0.493 e. The van der Waals surface area contributed by atoms with Gasteiger partial charge in [-0.3, -0.25) is 0 Å². The highest BCUT2D eigenvalue weighted by atomic mass is 16.5. The van der Waals surface area contributed by atoms with Gasteiger partial charge in [-0.15, -0.1) is 0 Å². The Labute approximate surface area is 497 Å². The molecule has 8 aromatic rings. The Morgan fingerprint density at radius 1 is 0.186 bits per heavy atom. The number of hydrogen-bond donors (Lipinski definition) is 2. The first kappa shape index (κ1) is 61.6. The van der Waals surface area contributed by atoms with Gasteiger partial charge in [0.2, 0.25) is 0 Å². The standard InChI is InChI=1S/C66H66O20/c1-71-49-17-33(35(19-51(49)73-3)37-21-53(75-5)55(77-7)23-39(37)41-25-57(79-9)59(81-11)27-43(41)45-29-61(83-13)63(85-15)31-47(45)65(67)68)34-18-50(72-2)52(74-4)20-36(34)38-22-54(76-6)56(78-8)24-40(38)42-26-58(80-10)60(82-12)28-44(42)46-30-62(84-14)64(86-16)32-48(46)66(69)70/h17-32H,1-16H3,(H,67,68)(H,69,70). The lowest BCUT2D eigenvalue weighted by Crippen LogP contribution is -2.04. The molecule has 8 aromatic carbocycles. The van der Waals surface area contributed by atoms with Gasteiger partial charge >= 0.3 is 11.9 Å². The minimum Gasteiger partial charge on any atom is -0.493 e. The minimum absolute atomic E-state index is 0.117. The van der Waals surface area contributed by atoms with Crippen LogP contribution in [0.1, 0.15) is 20.7 Å². The Bertz CT molecular complexity index is 3640. The zero-order valence-electron chi connectivity index (χ0n) is 50.5. The molecule has 0 radical (unpaired) electrons. The van der Waals surface area contributed by atoms with Crippen LogP contribution in [0.15, 0.2) is 97.1 Å². The minimum atomic E-state index is -1.25. The molecule has 20 heteroatoms. The normalized spacial score (nSPS) is 10.7. The molecule has 450 valence electrons. The molecule has 0 saturated heterocycles. The van der Waals surface area contributed by atoms with Crippen molar-refractivity contribution in [1.82, 2.24) is 0 Å². The summed E-state index contributed by atoms with van der Waals surface area (Å²) in [5, 5.41) is 21.8. The molecular formula is C66H66O20. The molecule has 0 saturated carbocycles. The van der Waals surface area contributed by atoms with Crippen LogP contribution in [0, 0.1) is 0 Å². The number of hydrogen-bond acceptors (Lipinski definition) is 18. The Morgan fingerprint density at radius 3 is 0.384 bits per heavy atom. The molecule has 0 fully saturated rings. The van der Waals surface area contributed by atoms with Crippen LogP contribution in [0.5, 0.6) is 92.0 Å². The van der Waals surface area contributed by atoms with Gasteiger partial charge in [-0.25, -0.2) is 9.59 Å². The summed E-state index contributed by atoms with van der Waals surface area (Å²) in [5.74, 6) is 2.11. The van der Waals surface area contributed by atoms with E-state index in [-0.39, 0.29) is 56.8 Å². The van der Waals surface area contributed by atoms with E-state index in [0.717, 1.165) is 0 Å². The Hall–Kier alpha value is -10.5. The molecule has 0 unspecified atom stereocenters. The molecule has 0 aliphatic rings. The molecule has 2 N–H and O–H groups in total. The summed E-state index contributed by atoms with van der Waals surface area (Å²) in [6, 6.07) is 27.2. The average Bonchev–Trinajstić information content (AvgIpc) is 0.874. The predicted molar refractivity (Wildman–Crippen MR) is 323 cm³/mol. The first-order valence-corrected chi connectivity index (χ1v) is 26.1. The lowest BCUT2D eigenvalue weighted by molar-refractivity contribution is 0.0686. The maximum atomic E-state index is 13.4. The summed E-state index contributed by atoms with van der Waals surface area (Å²) in [6.45, 7) is 0. The van der Waals surface area contributed by atoms with E-state index in [9.17, 15) is 19.8 Å². The lowest BCUT2D eigenvalue weighted by atomic mass is 9.82. The van der Waals surface area contributed by atoms with E-state index in [1.807, 2.05) is 24.3 Å². The Kier molecular flexibility index (Phi) is 18.9. The third-order valence-electron chi connectivity index (χ3n) is 14.7. The van der Waals surface area contributed by atoms with Crippen LogP contribution in [0.3, 0.4) is 0 Å². The van der Waals surface area contributed by atoms with Gasteiger partial charge in [-0.1, -0.05) is 0 Å². The smallest absolute Gasteiger partial charge is 0.336 e. The number of aromatic carboxylic acids is 2. The van der Waals surface area contributed by atoms with Crippen molar-refractivity contribution in [3.8, 4) is 170 Å². The highest BCUT2D eigenvalue weighted by molar-refractivity contribution is 6.07. The molecule has 0 aliphatic carbocycles. The van der Waals surface area contributed by atoms with E-state index in [1.54, 1.807) is 60.7 Å². The van der Waals surface area contributed by atoms with Crippen molar-refractivity contribution in [2.45, 2.75) is 0 Å². The zero-order chi connectivity index (χ0) is 62.3. The van der Waals surface area contributed by atoms with Crippen LogP contribution in [0.4, 0.5) is 0 Å². The molecule has 0 aromatic heterocycles. The SMILES string of the molecule is COc1cc(C(=O)O)c(-c2cc(OC)c(OC)cc2-c2cc(OC)c(OC)cc2-c2cc(OC)c(OC)cc2-c2cc(OC)c(OC)cc2-c2cc(OC)c(OC)cc2-c2cc(OC)c(OC)cc2-c2cc(OC)c(OC)cc2C(=O)O)cc1OC. The number of carboxylic acid groups (broad SMARTS) is 2. The van der Waals surface area contributed by atoms with Crippen LogP contribution >= 0.6 is 0 Å². The van der Waals surface area contributed by atoms with Crippen molar-refractivity contribution in [3.05, 3.63) is 108 Å². The summed E-state index contributed by atoms with van der Waals surface area (Å²) < 4.78 is 95.1. The number of rotatable bonds is 25. The number of carbonyl (C=O) groups is 2. The van der Waals surface area contributed by atoms with Gasteiger partial charge in [0.15, 0.2) is 92.0 Å². The molecule has 0 spiro atoms. The van der Waals surface area contributed by atoms with Crippen molar-refractivity contribution in [2.75, 3.05) is 114 Å². The summed E-state index contributed by atoms with van der Waals surface area (Å²) in [7, 11) is 23.8. The van der Waals surface area contributed by atoms with E-state index >= 15 is 0 Å². The second kappa shape index (κ2) is 26.4. The van der Waals surface area contributed by atoms with Gasteiger partial charge in [0.05, 0.1) is 125 Å². The lowest BCUT2D eigenvalue weighted by Gasteiger charge is -2.25. The fraction of sp³-hybridized carbons (Fsp3) is 0.242. The molecule has 0 heterocycles. The van der Waals surface area contributed by atoms with Crippen LogP contribution in [0.25, 0.3) is 77.9 Å². The van der Waals surface area contributed by atoms with Gasteiger partial charge in [0.25, 0.3) is 0 Å². The number of methoxy groups -OCH3 is 16. The summed E-state index contributed by atoms with van der Waals surface area (Å²) in [5.41, 5.74) is 5.85. The highest BCUT2D eigenvalue weighted by Gasteiger charge is 2.31. The van der Waals surface area contributed by atoms with Gasteiger partial charge in [0.1, 0.15) is 0 Å². The van der Waals surface area contributed by atoms with Gasteiger partial charge in [0, 0.05) is 11.1 Å². The zero-order valence-corrected chi connectivity index (χ0v) is 50.5. The topological polar surface area (TPSA) is 222 Å². The third kappa shape index (κ3) is 11.2. The number of carboxylic acids is 2. The number of benzene rings is 8. The van der Waals surface area contributed by atoms with Crippen LogP contribution < -0.4 is 75.8 Å². The first-order valence-electron chi connectivity index (χ1n) is 26.1. The van der Waals surface area contributed by atoms with E-state index < -0.39 is 11.9 Å². The number of ether oxygens (including phenoxy) is 16. The van der Waals surface area contributed by atoms with E-state index in [1.165, 1.54) is 126 Å². The Balaban J connectivity index is 1.60. The van der Waals surface area contributed by atoms with Gasteiger partial charge in [-0.05, 0) is 164 Å². The van der Waals surface area contributed by atoms with Crippen molar-refractivity contribution in [2.24, 2.45) is 0 Å². The summed E-state index contributed by atoms with van der Waals surface area (Å²) in [6.07, 6.45) is 0. The molecule has 8 rings (SSSR count). The molecule has 0 aliphatic heterocycles. The van der Waals surface area contributed by atoms with Gasteiger partial charge < -0.3 is 86.0 Å². The van der Waals surface area contributed by atoms with Crippen LogP contribution in [-0.4, -0.2) is 136 Å². The average molecular weight is 1180 g/mol. The van der Waals surface area contributed by atoms with E-state index in [0.29, 0.717) is 124 Å². The molecule has 0 amide bonds.